The van der Waals surface area contributed by atoms with Gasteiger partial charge in [0, 0.05) is 12.2 Å². The Kier molecular flexibility index (Phi) is 4.37. The molecule has 1 amide bonds. The molecule has 0 bridgehead atoms. The third kappa shape index (κ3) is 3.09. The van der Waals surface area contributed by atoms with E-state index in [2.05, 4.69) is 12.1 Å². The Balaban J connectivity index is 1.81. The molecule has 0 radical (unpaired) electrons. The molecule has 0 saturated carbocycles. The van der Waals surface area contributed by atoms with Crippen LogP contribution in [0.15, 0.2) is 42.5 Å². The van der Waals surface area contributed by atoms with Gasteiger partial charge in [0.05, 0.1) is 0 Å². The number of aryl methyl sites for hydroxylation is 2. The predicted octanol–water partition coefficient (Wildman–Crippen LogP) is 4.05. The normalized spacial score (nSPS) is 14.5. The van der Waals surface area contributed by atoms with Gasteiger partial charge >= 0.3 is 0 Å². The summed E-state index contributed by atoms with van der Waals surface area (Å²) in [4.78, 5) is 14.8. The van der Waals surface area contributed by atoms with Gasteiger partial charge in [-0.3, -0.25) is 4.79 Å². The van der Waals surface area contributed by atoms with Gasteiger partial charge < -0.3 is 9.64 Å². The molecule has 0 saturated heterocycles. The van der Waals surface area contributed by atoms with Gasteiger partial charge in [0.25, 0.3) is 5.91 Å². The quantitative estimate of drug-likeness (QED) is 0.852. The zero-order chi connectivity index (χ0) is 16.4. The second-order valence-corrected chi connectivity index (χ2v) is 6.15. The van der Waals surface area contributed by atoms with Crippen molar-refractivity contribution in [2.75, 3.05) is 11.4 Å². The maximum Gasteiger partial charge on any atom is 0.268 e. The SMILES string of the molecule is CC[C@H](Oc1cc(C)ccc1C)C(=O)N1CCc2ccccc21. The number of ether oxygens (including phenoxy) is 1. The van der Waals surface area contributed by atoms with Crippen LogP contribution >= 0.6 is 0 Å². The fourth-order valence-corrected chi connectivity index (χ4v) is 3.04. The molecule has 0 fully saturated rings. The molecule has 0 spiro atoms. The van der Waals surface area contributed by atoms with E-state index in [0.717, 1.165) is 35.5 Å². The molecule has 1 atom stereocenters. The first-order valence-electron chi connectivity index (χ1n) is 8.23. The Labute approximate surface area is 137 Å². The first kappa shape index (κ1) is 15.6. The monoisotopic (exact) mass is 309 g/mol. The fourth-order valence-electron chi connectivity index (χ4n) is 3.04. The molecule has 3 nitrogen and oxygen atoms in total. The van der Waals surface area contributed by atoms with Gasteiger partial charge in [-0.05, 0) is 55.5 Å². The average molecular weight is 309 g/mol. The number of fused-ring (bicyclic) bond motifs is 1. The van der Waals surface area contributed by atoms with Crippen LogP contribution < -0.4 is 9.64 Å². The van der Waals surface area contributed by atoms with E-state index < -0.39 is 6.10 Å². The second kappa shape index (κ2) is 6.45. The van der Waals surface area contributed by atoms with E-state index in [1.165, 1.54) is 5.56 Å². The Morgan fingerprint density at radius 2 is 2.00 bits per heavy atom. The van der Waals surface area contributed by atoms with Crippen molar-refractivity contribution in [2.24, 2.45) is 0 Å². The molecule has 0 N–H and O–H groups in total. The smallest absolute Gasteiger partial charge is 0.268 e. The van der Waals surface area contributed by atoms with Crippen LogP contribution in [0.4, 0.5) is 5.69 Å². The highest BCUT2D eigenvalue weighted by Crippen LogP contribution is 2.29. The number of carbonyl (C=O) groups is 1. The van der Waals surface area contributed by atoms with Gasteiger partial charge in [-0.15, -0.1) is 0 Å². The summed E-state index contributed by atoms with van der Waals surface area (Å²) in [5, 5.41) is 0. The van der Waals surface area contributed by atoms with Crippen LogP contribution in [0.25, 0.3) is 0 Å². The minimum atomic E-state index is -0.443. The molecule has 3 heteroatoms. The Morgan fingerprint density at radius 3 is 2.78 bits per heavy atom. The van der Waals surface area contributed by atoms with Crippen molar-refractivity contribution in [2.45, 2.75) is 39.7 Å². The van der Waals surface area contributed by atoms with E-state index in [-0.39, 0.29) is 5.91 Å². The maximum absolute atomic E-state index is 12.9. The highest BCUT2D eigenvalue weighted by atomic mass is 16.5. The van der Waals surface area contributed by atoms with Gasteiger partial charge in [0.1, 0.15) is 5.75 Å². The fraction of sp³-hybridized carbons (Fsp3) is 0.350. The molecule has 0 aromatic heterocycles. The van der Waals surface area contributed by atoms with Gasteiger partial charge in [-0.2, -0.15) is 0 Å². The Bertz CT molecular complexity index is 723. The number of carbonyl (C=O) groups excluding carboxylic acids is 1. The van der Waals surface area contributed by atoms with E-state index in [0.29, 0.717) is 6.42 Å². The van der Waals surface area contributed by atoms with Crippen molar-refractivity contribution in [1.29, 1.82) is 0 Å². The second-order valence-electron chi connectivity index (χ2n) is 6.15. The summed E-state index contributed by atoms with van der Waals surface area (Å²) in [6.07, 6.45) is 1.13. The Hall–Kier alpha value is -2.29. The molecular weight excluding hydrogens is 286 g/mol. The number of rotatable bonds is 4. The average Bonchev–Trinajstić information content (AvgIpc) is 2.99. The number of hydrogen-bond acceptors (Lipinski definition) is 2. The van der Waals surface area contributed by atoms with Crippen molar-refractivity contribution < 1.29 is 9.53 Å². The molecule has 1 aliphatic heterocycles. The van der Waals surface area contributed by atoms with Crippen LogP contribution in [0.5, 0.6) is 5.75 Å². The number of amides is 1. The molecular formula is C20H23NO2. The van der Waals surface area contributed by atoms with Crippen molar-refractivity contribution in [1.82, 2.24) is 0 Å². The molecule has 1 aliphatic rings. The summed E-state index contributed by atoms with van der Waals surface area (Å²) >= 11 is 0. The number of hydrogen-bond donors (Lipinski definition) is 0. The number of nitrogens with zero attached hydrogens (tertiary/aromatic N) is 1. The summed E-state index contributed by atoms with van der Waals surface area (Å²) in [7, 11) is 0. The molecule has 2 aromatic rings. The van der Waals surface area contributed by atoms with Crippen molar-refractivity contribution in [3.05, 3.63) is 59.2 Å². The zero-order valence-electron chi connectivity index (χ0n) is 14.0. The third-order valence-electron chi connectivity index (χ3n) is 4.41. The van der Waals surface area contributed by atoms with Crippen molar-refractivity contribution >= 4 is 11.6 Å². The van der Waals surface area contributed by atoms with E-state index in [1.807, 2.05) is 56.0 Å². The molecule has 0 aliphatic carbocycles. The number of anilines is 1. The zero-order valence-corrected chi connectivity index (χ0v) is 14.0. The largest absolute Gasteiger partial charge is 0.480 e. The van der Waals surface area contributed by atoms with Crippen LogP contribution in [0.3, 0.4) is 0 Å². The van der Waals surface area contributed by atoms with E-state index >= 15 is 0 Å². The summed E-state index contributed by atoms with van der Waals surface area (Å²) in [6, 6.07) is 14.2. The maximum atomic E-state index is 12.9. The molecule has 23 heavy (non-hydrogen) atoms. The molecule has 1 heterocycles. The van der Waals surface area contributed by atoms with Gasteiger partial charge in [0.15, 0.2) is 6.10 Å². The van der Waals surface area contributed by atoms with Crippen molar-refractivity contribution in [3.8, 4) is 5.75 Å². The summed E-state index contributed by atoms with van der Waals surface area (Å²) in [5.74, 6) is 0.857. The van der Waals surface area contributed by atoms with Crippen LogP contribution in [0, 0.1) is 13.8 Å². The summed E-state index contributed by atoms with van der Waals surface area (Å²) in [6.45, 7) is 6.78. The lowest BCUT2D eigenvalue weighted by Gasteiger charge is -2.24. The molecule has 0 unspecified atom stereocenters. The third-order valence-corrected chi connectivity index (χ3v) is 4.41. The van der Waals surface area contributed by atoms with E-state index in [4.69, 9.17) is 4.74 Å². The van der Waals surface area contributed by atoms with E-state index in [1.54, 1.807) is 0 Å². The minimum absolute atomic E-state index is 0.0540. The van der Waals surface area contributed by atoms with Crippen LogP contribution in [-0.4, -0.2) is 18.6 Å². The summed E-state index contributed by atoms with van der Waals surface area (Å²) < 4.78 is 6.07. The van der Waals surface area contributed by atoms with Crippen LogP contribution in [-0.2, 0) is 11.2 Å². The lowest BCUT2D eigenvalue weighted by Crippen LogP contribution is -2.41. The lowest BCUT2D eigenvalue weighted by atomic mass is 10.1. The first-order valence-corrected chi connectivity index (χ1v) is 8.23. The van der Waals surface area contributed by atoms with E-state index in [9.17, 15) is 4.79 Å². The molecule has 2 aromatic carbocycles. The summed E-state index contributed by atoms with van der Waals surface area (Å²) in [5.41, 5.74) is 4.46. The molecule has 3 rings (SSSR count). The van der Waals surface area contributed by atoms with Gasteiger partial charge in [0.2, 0.25) is 0 Å². The standard InChI is InChI=1S/C20H23NO2/c1-4-18(23-19-13-14(2)9-10-15(19)3)20(22)21-12-11-16-7-5-6-8-17(16)21/h5-10,13,18H,4,11-12H2,1-3H3/t18-/m0/s1. The first-order chi connectivity index (χ1) is 11.1. The van der Waals surface area contributed by atoms with Crippen molar-refractivity contribution in [3.63, 3.8) is 0 Å². The van der Waals surface area contributed by atoms with Crippen LogP contribution in [0.2, 0.25) is 0 Å². The minimum Gasteiger partial charge on any atom is -0.480 e. The van der Waals surface area contributed by atoms with Crippen LogP contribution in [0.1, 0.15) is 30.0 Å². The topological polar surface area (TPSA) is 29.5 Å². The molecule has 120 valence electrons. The highest BCUT2D eigenvalue weighted by molar-refractivity contribution is 5.98. The number of benzene rings is 2. The Morgan fingerprint density at radius 1 is 1.22 bits per heavy atom. The van der Waals surface area contributed by atoms with Gasteiger partial charge in [-0.25, -0.2) is 0 Å². The highest BCUT2D eigenvalue weighted by Gasteiger charge is 2.30. The number of para-hydroxylation sites is 1. The predicted molar refractivity (Wildman–Crippen MR) is 93.1 cm³/mol. The van der Waals surface area contributed by atoms with Gasteiger partial charge in [-0.1, -0.05) is 37.3 Å². The lowest BCUT2D eigenvalue weighted by molar-refractivity contribution is -0.125.